The maximum Gasteiger partial charge on any atom is 0.266 e. The van der Waals surface area contributed by atoms with E-state index in [2.05, 4.69) is 38.0 Å². The molecule has 1 aliphatic rings. The van der Waals surface area contributed by atoms with Gasteiger partial charge in [-0.15, -0.1) is 0 Å². The van der Waals surface area contributed by atoms with E-state index in [9.17, 15) is 10.1 Å². The van der Waals surface area contributed by atoms with Crippen LogP contribution in [0.1, 0.15) is 44.2 Å². The first-order valence-corrected chi connectivity index (χ1v) is 10.7. The highest BCUT2D eigenvalue weighted by atomic mass is 35.5. The van der Waals surface area contributed by atoms with E-state index < -0.39 is 5.91 Å². The van der Waals surface area contributed by atoms with E-state index in [1.807, 2.05) is 18.2 Å². The second-order valence-corrected chi connectivity index (χ2v) is 9.22. The molecule has 0 spiro atoms. The smallest absolute Gasteiger partial charge is 0.266 e. The number of benzene rings is 2. The molecule has 1 aliphatic heterocycles. The van der Waals surface area contributed by atoms with Crippen LogP contribution in [0.5, 0.6) is 5.75 Å². The standard InChI is InChI=1S/C24H25Cl2N3O2/c1-14-12-24(2,3)29(4)21-11-22(31-5)15(9-18(14)21)8-16(13-27)23(30)28-20-7-6-17(25)10-19(20)26/h6-11,14H,12H2,1-5H3,(H,28,30)/b16-8+. The highest BCUT2D eigenvalue weighted by Gasteiger charge is 2.34. The molecular formula is C24H25Cl2N3O2. The summed E-state index contributed by atoms with van der Waals surface area (Å²) in [5.41, 5.74) is 3.27. The topological polar surface area (TPSA) is 65.4 Å². The first-order valence-electron chi connectivity index (χ1n) is 9.91. The van der Waals surface area contributed by atoms with Gasteiger partial charge < -0.3 is 15.0 Å². The molecule has 2 aromatic carbocycles. The molecule has 0 saturated carbocycles. The molecule has 1 unspecified atom stereocenters. The highest BCUT2D eigenvalue weighted by Crippen LogP contribution is 2.45. The molecule has 1 amide bonds. The number of halogens is 2. The number of nitrogens with one attached hydrogen (secondary N) is 1. The maximum atomic E-state index is 12.7. The Morgan fingerprint density at radius 2 is 2.03 bits per heavy atom. The van der Waals surface area contributed by atoms with Gasteiger partial charge in [-0.2, -0.15) is 5.26 Å². The number of hydrogen-bond acceptors (Lipinski definition) is 4. The monoisotopic (exact) mass is 457 g/mol. The average Bonchev–Trinajstić information content (AvgIpc) is 2.71. The summed E-state index contributed by atoms with van der Waals surface area (Å²) in [6.45, 7) is 6.62. The number of ether oxygens (including phenoxy) is 1. The predicted octanol–water partition coefficient (Wildman–Crippen LogP) is 6.27. The van der Waals surface area contributed by atoms with Gasteiger partial charge in [-0.1, -0.05) is 30.1 Å². The Bertz CT molecular complexity index is 1100. The molecule has 1 atom stereocenters. The molecule has 7 heteroatoms. The summed E-state index contributed by atoms with van der Waals surface area (Å²) in [5.74, 6) is 0.366. The molecule has 3 rings (SSSR count). The first-order chi connectivity index (χ1) is 14.6. The van der Waals surface area contributed by atoms with Crippen LogP contribution in [0, 0.1) is 11.3 Å². The van der Waals surface area contributed by atoms with Crippen molar-refractivity contribution in [2.45, 2.75) is 38.6 Å². The van der Waals surface area contributed by atoms with Gasteiger partial charge in [-0.25, -0.2) is 0 Å². The second-order valence-electron chi connectivity index (χ2n) is 8.38. The van der Waals surface area contributed by atoms with Crippen molar-refractivity contribution in [3.63, 3.8) is 0 Å². The normalized spacial score (nSPS) is 17.5. The Balaban J connectivity index is 2.00. The van der Waals surface area contributed by atoms with E-state index in [4.69, 9.17) is 27.9 Å². The zero-order valence-corrected chi connectivity index (χ0v) is 19.7. The average molecular weight is 458 g/mol. The number of amides is 1. The van der Waals surface area contributed by atoms with Gasteiger partial charge in [-0.3, -0.25) is 4.79 Å². The molecule has 1 heterocycles. The quantitative estimate of drug-likeness (QED) is 0.433. The molecule has 0 aromatic heterocycles. The minimum atomic E-state index is -0.558. The summed E-state index contributed by atoms with van der Waals surface area (Å²) >= 11 is 12.0. The third-order valence-electron chi connectivity index (χ3n) is 5.83. The Kier molecular flexibility index (Phi) is 6.54. The largest absolute Gasteiger partial charge is 0.496 e. The Morgan fingerprint density at radius 1 is 1.32 bits per heavy atom. The molecule has 0 fully saturated rings. The zero-order valence-electron chi connectivity index (χ0n) is 18.2. The van der Waals surface area contributed by atoms with E-state index in [0.29, 0.717) is 33.0 Å². The van der Waals surface area contributed by atoms with Crippen molar-refractivity contribution in [3.05, 3.63) is 57.1 Å². The van der Waals surface area contributed by atoms with Gasteiger partial charge in [-0.05, 0) is 62.1 Å². The Labute approximate surface area is 193 Å². The zero-order chi connectivity index (χ0) is 22.9. The molecule has 162 valence electrons. The van der Waals surface area contributed by atoms with Crippen LogP contribution in [0.3, 0.4) is 0 Å². The van der Waals surface area contributed by atoms with Crippen molar-refractivity contribution >= 4 is 46.6 Å². The number of carbonyl (C=O) groups is 1. The van der Waals surface area contributed by atoms with E-state index in [-0.39, 0.29) is 11.1 Å². The van der Waals surface area contributed by atoms with Gasteiger partial charge in [0, 0.05) is 34.9 Å². The van der Waals surface area contributed by atoms with Crippen LogP contribution >= 0.6 is 23.2 Å². The number of rotatable bonds is 4. The minimum Gasteiger partial charge on any atom is -0.496 e. The minimum absolute atomic E-state index is 0.0182. The predicted molar refractivity (Wildman–Crippen MR) is 127 cm³/mol. The SMILES string of the molecule is COc1cc2c(cc1/C=C(\C#N)C(=O)Nc1ccc(Cl)cc1Cl)C(C)CC(C)(C)N2C. The molecule has 2 aromatic rings. The third kappa shape index (κ3) is 4.66. The lowest BCUT2D eigenvalue weighted by Gasteiger charge is -2.45. The molecule has 5 nitrogen and oxygen atoms in total. The van der Waals surface area contributed by atoms with Crippen LogP contribution in [0.4, 0.5) is 11.4 Å². The summed E-state index contributed by atoms with van der Waals surface area (Å²) in [6.07, 6.45) is 2.54. The molecule has 0 aliphatic carbocycles. The number of nitrogens with zero attached hydrogens (tertiary/aromatic N) is 2. The third-order valence-corrected chi connectivity index (χ3v) is 6.38. The van der Waals surface area contributed by atoms with Gasteiger partial charge in [0.25, 0.3) is 5.91 Å². The Hall–Kier alpha value is -2.68. The van der Waals surface area contributed by atoms with E-state index in [1.165, 1.54) is 6.07 Å². The fourth-order valence-corrected chi connectivity index (χ4v) is 4.44. The lowest BCUT2D eigenvalue weighted by atomic mass is 9.80. The van der Waals surface area contributed by atoms with Crippen molar-refractivity contribution in [2.24, 2.45) is 0 Å². The lowest BCUT2D eigenvalue weighted by molar-refractivity contribution is -0.112. The van der Waals surface area contributed by atoms with Crippen LogP contribution in [-0.2, 0) is 4.79 Å². The fourth-order valence-electron chi connectivity index (χ4n) is 3.99. The van der Waals surface area contributed by atoms with Crippen molar-refractivity contribution in [1.82, 2.24) is 0 Å². The van der Waals surface area contributed by atoms with Crippen molar-refractivity contribution < 1.29 is 9.53 Å². The molecule has 1 N–H and O–H groups in total. The molecule has 0 saturated heterocycles. The number of carbonyl (C=O) groups excluding carboxylic acids is 1. The number of methoxy groups -OCH3 is 1. The summed E-state index contributed by atoms with van der Waals surface area (Å²) in [7, 11) is 3.65. The molecule has 0 bridgehead atoms. The van der Waals surface area contributed by atoms with E-state index in [0.717, 1.165) is 17.7 Å². The van der Waals surface area contributed by atoms with E-state index >= 15 is 0 Å². The van der Waals surface area contributed by atoms with Crippen LogP contribution in [-0.4, -0.2) is 25.6 Å². The summed E-state index contributed by atoms with van der Waals surface area (Å²) < 4.78 is 5.59. The van der Waals surface area contributed by atoms with Crippen LogP contribution in [0.15, 0.2) is 35.9 Å². The lowest BCUT2D eigenvalue weighted by Crippen LogP contribution is -2.45. The highest BCUT2D eigenvalue weighted by molar-refractivity contribution is 6.36. The van der Waals surface area contributed by atoms with Crippen LogP contribution in [0.25, 0.3) is 6.08 Å². The summed E-state index contributed by atoms with van der Waals surface area (Å²) in [6, 6.07) is 10.7. The maximum absolute atomic E-state index is 12.7. The van der Waals surface area contributed by atoms with Crippen LogP contribution in [0.2, 0.25) is 10.0 Å². The molecule has 0 radical (unpaired) electrons. The second kappa shape index (κ2) is 8.82. The van der Waals surface area contributed by atoms with Crippen LogP contribution < -0.4 is 15.0 Å². The summed E-state index contributed by atoms with van der Waals surface area (Å²) in [5, 5.41) is 13.1. The number of hydrogen-bond donors (Lipinski definition) is 1. The van der Waals surface area contributed by atoms with E-state index in [1.54, 1.807) is 25.3 Å². The van der Waals surface area contributed by atoms with Gasteiger partial charge in [0.2, 0.25) is 0 Å². The number of fused-ring (bicyclic) bond motifs is 1. The van der Waals surface area contributed by atoms with Gasteiger partial charge >= 0.3 is 0 Å². The fraction of sp³-hybridized carbons (Fsp3) is 0.333. The molecule has 31 heavy (non-hydrogen) atoms. The van der Waals surface area contributed by atoms with Crippen molar-refractivity contribution in [2.75, 3.05) is 24.4 Å². The summed E-state index contributed by atoms with van der Waals surface area (Å²) in [4.78, 5) is 15.0. The Morgan fingerprint density at radius 3 is 2.65 bits per heavy atom. The number of anilines is 2. The van der Waals surface area contributed by atoms with Crippen molar-refractivity contribution in [1.29, 1.82) is 5.26 Å². The molecular weight excluding hydrogens is 433 g/mol. The van der Waals surface area contributed by atoms with Gasteiger partial charge in [0.1, 0.15) is 17.4 Å². The number of nitriles is 1. The first kappa shape index (κ1) is 23.0. The van der Waals surface area contributed by atoms with Gasteiger partial charge in [0.15, 0.2) is 0 Å². The van der Waals surface area contributed by atoms with Gasteiger partial charge in [0.05, 0.1) is 17.8 Å². The van der Waals surface area contributed by atoms with Crippen molar-refractivity contribution in [3.8, 4) is 11.8 Å².